The van der Waals surface area contributed by atoms with Gasteiger partial charge in [-0.05, 0) is 31.4 Å². The van der Waals surface area contributed by atoms with E-state index >= 15 is 0 Å². The molecule has 0 radical (unpaired) electrons. The topological polar surface area (TPSA) is 128 Å². The number of fused-ring (bicyclic) bond motifs is 1. The van der Waals surface area contributed by atoms with Crippen LogP contribution in [0.2, 0.25) is 0 Å². The lowest BCUT2D eigenvalue weighted by Gasteiger charge is -2.34. The fraction of sp³-hybridized carbons (Fsp3) is 0.444. The van der Waals surface area contributed by atoms with Crippen LogP contribution in [0.4, 0.5) is 0 Å². The Morgan fingerprint density at radius 3 is 2.93 bits per heavy atom. The van der Waals surface area contributed by atoms with Crippen molar-refractivity contribution in [3.8, 4) is 6.07 Å². The molecule has 140 valence electrons. The summed E-state index contributed by atoms with van der Waals surface area (Å²) in [4.78, 5) is 20.9. The summed E-state index contributed by atoms with van der Waals surface area (Å²) in [6, 6.07) is 2.34. The minimum atomic E-state index is -0.244. The summed E-state index contributed by atoms with van der Waals surface area (Å²) in [6.45, 7) is 4.35. The highest BCUT2D eigenvalue weighted by molar-refractivity contribution is 5.94. The van der Waals surface area contributed by atoms with Gasteiger partial charge >= 0.3 is 0 Å². The van der Waals surface area contributed by atoms with E-state index in [2.05, 4.69) is 37.5 Å². The fourth-order valence-electron chi connectivity index (χ4n) is 3.81. The van der Waals surface area contributed by atoms with E-state index in [0.29, 0.717) is 17.8 Å². The number of piperidine rings is 1. The molecule has 2 aliphatic heterocycles. The maximum Gasteiger partial charge on any atom is 0.271 e. The van der Waals surface area contributed by atoms with Crippen molar-refractivity contribution >= 4 is 5.91 Å². The Hall–Kier alpha value is -2.80. The fourth-order valence-corrected chi connectivity index (χ4v) is 3.81. The first-order valence-corrected chi connectivity index (χ1v) is 8.88. The number of nitrogens with one attached hydrogen (secondary N) is 4. The summed E-state index contributed by atoms with van der Waals surface area (Å²) in [5.74, 6) is 0.787. The highest BCUT2D eigenvalue weighted by atomic mass is 16.3. The molecule has 0 saturated carbocycles. The predicted molar refractivity (Wildman–Crippen MR) is 95.1 cm³/mol. The molecule has 0 spiro atoms. The molecule has 4 heterocycles. The lowest BCUT2D eigenvalue weighted by Crippen LogP contribution is -2.56. The number of hydrazine groups is 1. The summed E-state index contributed by atoms with van der Waals surface area (Å²) in [5, 5.41) is 15.5. The van der Waals surface area contributed by atoms with Gasteiger partial charge in [-0.3, -0.25) is 15.5 Å². The number of pyridine rings is 1. The van der Waals surface area contributed by atoms with E-state index in [1.54, 1.807) is 6.20 Å². The second kappa shape index (κ2) is 7.08. The Labute approximate surface area is 156 Å². The van der Waals surface area contributed by atoms with Gasteiger partial charge < -0.3 is 9.73 Å². The van der Waals surface area contributed by atoms with Gasteiger partial charge in [0, 0.05) is 24.7 Å². The van der Waals surface area contributed by atoms with Crippen molar-refractivity contribution in [2.45, 2.75) is 38.5 Å². The molecule has 2 aromatic heterocycles. The van der Waals surface area contributed by atoms with Crippen molar-refractivity contribution in [3.05, 3.63) is 46.9 Å². The smallest absolute Gasteiger partial charge is 0.271 e. The highest BCUT2D eigenvalue weighted by Crippen LogP contribution is 2.33. The maximum absolute atomic E-state index is 12.7. The molecule has 9 heteroatoms. The minimum absolute atomic E-state index is 0.0102. The molecule has 4 rings (SSSR count). The van der Waals surface area contributed by atoms with E-state index in [0.717, 1.165) is 23.3 Å². The first-order valence-electron chi connectivity index (χ1n) is 8.88. The van der Waals surface area contributed by atoms with E-state index in [1.165, 1.54) is 12.6 Å². The van der Waals surface area contributed by atoms with Crippen molar-refractivity contribution in [1.29, 1.82) is 5.26 Å². The first-order chi connectivity index (χ1) is 13.1. The number of amides is 1. The summed E-state index contributed by atoms with van der Waals surface area (Å²) in [7, 11) is 0. The standard InChI is InChI=1S/C18H21N7O2/c1-9-10(2)16(22-5-11(9)4-19)18(26)23-15-3-12-13(6-21-15)24-25-17(12)14-7-20-8-27-14/h5,7-8,12-13,15,17,21,24-25H,3,6H2,1-2H3,(H,23,26). The van der Waals surface area contributed by atoms with Crippen LogP contribution in [0.5, 0.6) is 0 Å². The first kappa shape index (κ1) is 17.6. The van der Waals surface area contributed by atoms with Crippen LogP contribution in [0.15, 0.2) is 23.2 Å². The van der Waals surface area contributed by atoms with E-state index in [-0.39, 0.29) is 30.1 Å². The Kier molecular flexibility index (Phi) is 4.61. The summed E-state index contributed by atoms with van der Waals surface area (Å²) < 4.78 is 5.45. The van der Waals surface area contributed by atoms with Gasteiger partial charge in [0.25, 0.3) is 5.91 Å². The Bertz CT molecular complexity index is 890. The maximum atomic E-state index is 12.7. The van der Waals surface area contributed by atoms with Gasteiger partial charge in [-0.2, -0.15) is 5.26 Å². The van der Waals surface area contributed by atoms with Crippen LogP contribution in [0.1, 0.15) is 45.4 Å². The molecule has 2 aromatic rings. The molecule has 27 heavy (non-hydrogen) atoms. The van der Waals surface area contributed by atoms with Crippen LogP contribution in [0, 0.1) is 31.1 Å². The van der Waals surface area contributed by atoms with Crippen molar-refractivity contribution in [1.82, 2.24) is 31.5 Å². The number of oxazole rings is 1. The summed E-state index contributed by atoms with van der Waals surface area (Å²) in [5.41, 5.74) is 8.88. The lowest BCUT2D eigenvalue weighted by molar-refractivity contribution is 0.0899. The van der Waals surface area contributed by atoms with Gasteiger partial charge in [-0.25, -0.2) is 15.4 Å². The lowest BCUT2D eigenvalue weighted by atomic mass is 9.86. The zero-order valence-electron chi connectivity index (χ0n) is 15.1. The van der Waals surface area contributed by atoms with Crippen molar-refractivity contribution in [2.75, 3.05) is 6.54 Å². The van der Waals surface area contributed by atoms with Crippen LogP contribution in [-0.4, -0.2) is 34.6 Å². The molecule has 2 saturated heterocycles. The van der Waals surface area contributed by atoms with Gasteiger partial charge in [0.2, 0.25) is 0 Å². The predicted octanol–water partition coefficient (Wildman–Crippen LogP) is 0.441. The molecule has 0 aliphatic carbocycles. The quantitative estimate of drug-likeness (QED) is 0.615. The van der Waals surface area contributed by atoms with Gasteiger partial charge in [-0.15, -0.1) is 0 Å². The van der Waals surface area contributed by atoms with E-state index in [4.69, 9.17) is 9.68 Å². The number of hydrogen-bond acceptors (Lipinski definition) is 8. The zero-order chi connectivity index (χ0) is 19.0. The average Bonchev–Trinajstić information content (AvgIpc) is 3.32. The van der Waals surface area contributed by atoms with E-state index < -0.39 is 0 Å². The van der Waals surface area contributed by atoms with Crippen molar-refractivity contribution in [3.63, 3.8) is 0 Å². The molecular weight excluding hydrogens is 346 g/mol. The minimum Gasteiger partial charge on any atom is -0.447 e. The van der Waals surface area contributed by atoms with Gasteiger partial charge in [0.15, 0.2) is 6.39 Å². The van der Waals surface area contributed by atoms with Gasteiger partial charge in [0.05, 0.1) is 24.0 Å². The second-order valence-electron chi connectivity index (χ2n) is 6.99. The van der Waals surface area contributed by atoms with Crippen molar-refractivity contribution < 1.29 is 9.21 Å². The summed E-state index contributed by atoms with van der Waals surface area (Å²) in [6.07, 6.45) is 5.14. The Balaban J connectivity index is 1.47. The molecule has 4 atom stereocenters. The number of rotatable bonds is 3. The monoisotopic (exact) mass is 367 g/mol. The SMILES string of the molecule is Cc1c(C#N)cnc(C(=O)NC2CC3C(CN2)NNC3c2cnco2)c1C. The molecule has 2 aliphatic rings. The summed E-state index contributed by atoms with van der Waals surface area (Å²) >= 11 is 0. The van der Waals surface area contributed by atoms with Crippen LogP contribution in [-0.2, 0) is 0 Å². The molecule has 4 N–H and O–H groups in total. The third-order valence-electron chi connectivity index (χ3n) is 5.50. The van der Waals surface area contributed by atoms with Crippen LogP contribution in [0.3, 0.4) is 0 Å². The number of nitrogens with zero attached hydrogens (tertiary/aromatic N) is 3. The number of aromatic nitrogens is 2. The average molecular weight is 367 g/mol. The van der Waals surface area contributed by atoms with E-state index in [9.17, 15) is 4.79 Å². The Morgan fingerprint density at radius 1 is 1.33 bits per heavy atom. The molecule has 0 aromatic carbocycles. The second-order valence-corrected chi connectivity index (χ2v) is 6.99. The molecule has 0 bridgehead atoms. The molecular formula is C18H21N7O2. The van der Waals surface area contributed by atoms with Crippen LogP contribution in [0.25, 0.3) is 0 Å². The molecule has 2 fully saturated rings. The van der Waals surface area contributed by atoms with Crippen LogP contribution < -0.4 is 21.5 Å². The number of nitriles is 1. The van der Waals surface area contributed by atoms with E-state index in [1.807, 2.05) is 13.8 Å². The molecule has 1 amide bonds. The normalized spacial score (nSPS) is 27.0. The zero-order valence-corrected chi connectivity index (χ0v) is 15.1. The van der Waals surface area contributed by atoms with Crippen molar-refractivity contribution in [2.24, 2.45) is 5.92 Å². The van der Waals surface area contributed by atoms with Crippen LogP contribution >= 0.6 is 0 Å². The largest absolute Gasteiger partial charge is 0.447 e. The number of carbonyl (C=O) groups excluding carboxylic acids is 1. The number of carbonyl (C=O) groups is 1. The Morgan fingerprint density at radius 2 is 2.19 bits per heavy atom. The van der Waals surface area contributed by atoms with Gasteiger partial charge in [-0.1, -0.05) is 0 Å². The molecule has 4 unspecified atom stereocenters. The number of hydrogen-bond donors (Lipinski definition) is 4. The molecule has 9 nitrogen and oxygen atoms in total. The third-order valence-corrected chi connectivity index (χ3v) is 5.50. The highest BCUT2D eigenvalue weighted by Gasteiger charge is 2.42. The van der Waals surface area contributed by atoms with Gasteiger partial charge in [0.1, 0.15) is 17.5 Å². The third kappa shape index (κ3) is 3.19.